The molecule has 23 heavy (non-hydrogen) atoms. The summed E-state index contributed by atoms with van der Waals surface area (Å²) in [5.74, 6) is 0. The second-order valence-electron chi connectivity index (χ2n) is 5.84. The second-order valence-corrected chi connectivity index (χ2v) is 5.84. The average molecular weight is 340 g/mol. The number of rotatable bonds is 4. The number of aliphatic hydroxyl groups excluding tert-OH is 7. The maximum absolute atomic E-state index is 10.1. The molecule has 0 aromatic rings. The van der Waals surface area contributed by atoms with E-state index in [0.717, 1.165) is 0 Å². The lowest BCUT2D eigenvalue weighted by Crippen LogP contribution is -2.64. The van der Waals surface area contributed by atoms with E-state index in [2.05, 4.69) is 0 Å². The van der Waals surface area contributed by atoms with Crippen LogP contribution in [0.3, 0.4) is 0 Å². The molecule has 2 saturated heterocycles. The van der Waals surface area contributed by atoms with E-state index in [9.17, 15) is 30.6 Å². The quantitative estimate of drug-likeness (QED) is 0.265. The Balaban J connectivity index is 2.11. The van der Waals surface area contributed by atoms with E-state index in [1.54, 1.807) is 0 Å². The van der Waals surface area contributed by atoms with Crippen LogP contribution in [0.1, 0.15) is 6.92 Å². The highest BCUT2D eigenvalue weighted by Gasteiger charge is 2.49. The minimum absolute atomic E-state index is 0.518. The molecule has 0 aromatic heterocycles. The molecule has 0 saturated carbocycles. The standard InChI is InChI=1S/C13H24O10/c1-4-7(16)10(19)12(6(3-15)21-4)23-13-11(20)9(18)8(17)5(2-14)22-13/h4-20H,2-3H2,1H3/t4-,5?,6?,7?,8+,9+,10-,11?,12+,13+/m0/s1. The van der Waals surface area contributed by atoms with Crippen molar-refractivity contribution in [3.8, 4) is 0 Å². The molecule has 2 aliphatic rings. The average Bonchev–Trinajstić information content (AvgIpc) is 2.55. The van der Waals surface area contributed by atoms with Crippen LogP contribution in [0.2, 0.25) is 0 Å². The largest absolute Gasteiger partial charge is 0.394 e. The first-order valence-electron chi connectivity index (χ1n) is 7.40. The predicted molar refractivity (Wildman–Crippen MR) is 72.1 cm³/mol. The van der Waals surface area contributed by atoms with Gasteiger partial charge < -0.3 is 50.0 Å². The second kappa shape index (κ2) is 7.66. The minimum atomic E-state index is -1.66. The van der Waals surface area contributed by atoms with Crippen LogP contribution in [0.4, 0.5) is 0 Å². The highest BCUT2D eigenvalue weighted by atomic mass is 16.7. The first-order chi connectivity index (χ1) is 10.8. The highest BCUT2D eigenvalue weighted by molar-refractivity contribution is 4.94. The Morgan fingerprint density at radius 2 is 1.35 bits per heavy atom. The van der Waals surface area contributed by atoms with Gasteiger partial charge in [-0.25, -0.2) is 0 Å². The van der Waals surface area contributed by atoms with Gasteiger partial charge in [-0.05, 0) is 6.92 Å². The van der Waals surface area contributed by atoms with Crippen LogP contribution >= 0.6 is 0 Å². The summed E-state index contributed by atoms with van der Waals surface area (Å²) in [6.45, 7) is 0.369. The van der Waals surface area contributed by atoms with Gasteiger partial charge in [-0.2, -0.15) is 0 Å². The summed E-state index contributed by atoms with van der Waals surface area (Å²) < 4.78 is 15.9. The number of hydrogen-bond donors (Lipinski definition) is 7. The van der Waals surface area contributed by atoms with E-state index in [1.165, 1.54) is 6.92 Å². The lowest BCUT2D eigenvalue weighted by atomic mass is 9.95. The highest BCUT2D eigenvalue weighted by Crippen LogP contribution is 2.28. The van der Waals surface area contributed by atoms with Crippen molar-refractivity contribution >= 4 is 0 Å². The van der Waals surface area contributed by atoms with Gasteiger partial charge in [0.15, 0.2) is 6.29 Å². The molecule has 10 nitrogen and oxygen atoms in total. The Bertz CT molecular complexity index is 378. The first kappa shape index (κ1) is 18.9. The van der Waals surface area contributed by atoms with Crippen molar-refractivity contribution in [2.75, 3.05) is 13.2 Å². The Labute approximate surface area is 132 Å². The fourth-order valence-corrected chi connectivity index (χ4v) is 2.78. The normalized spacial score (nSPS) is 51.7. The van der Waals surface area contributed by atoms with E-state index >= 15 is 0 Å². The van der Waals surface area contributed by atoms with Gasteiger partial charge in [-0.1, -0.05) is 0 Å². The van der Waals surface area contributed by atoms with Crippen molar-refractivity contribution in [2.45, 2.75) is 68.1 Å². The van der Waals surface area contributed by atoms with E-state index in [0.29, 0.717) is 0 Å². The maximum atomic E-state index is 10.1. The van der Waals surface area contributed by atoms with E-state index in [1.807, 2.05) is 0 Å². The summed E-state index contributed by atoms with van der Waals surface area (Å²) in [6, 6.07) is 0. The van der Waals surface area contributed by atoms with E-state index < -0.39 is 74.4 Å². The molecule has 0 spiro atoms. The smallest absolute Gasteiger partial charge is 0.187 e. The lowest BCUT2D eigenvalue weighted by molar-refractivity contribution is -0.341. The Hall–Kier alpha value is -0.400. The van der Waals surface area contributed by atoms with Crippen LogP contribution < -0.4 is 0 Å². The third kappa shape index (κ3) is 3.66. The summed E-state index contributed by atoms with van der Waals surface area (Å²) >= 11 is 0. The van der Waals surface area contributed by atoms with Crippen LogP contribution in [0, 0.1) is 0 Å². The molecule has 0 aliphatic carbocycles. The summed E-state index contributed by atoms with van der Waals surface area (Å²) in [7, 11) is 0. The van der Waals surface area contributed by atoms with Gasteiger partial charge in [0.25, 0.3) is 0 Å². The fraction of sp³-hybridized carbons (Fsp3) is 1.00. The maximum Gasteiger partial charge on any atom is 0.187 e. The molecular weight excluding hydrogens is 316 g/mol. The molecule has 2 rings (SSSR count). The molecule has 2 fully saturated rings. The van der Waals surface area contributed by atoms with Gasteiger partial charge in [0.05, 0.1) is 19.3 Å². The Kier molecular flexibility index (Phi) is 6.30. The van der Waals surface area contributed by atoms with Crippen molar-refractivity contribution in [3.05, 3.63) is 0 Å². The summed E-state index contributed by atoms with van der Waals surface area (Å²) in [6.07, 6.45) is -13.2. The summed E-state index contributed by atoms with van der Waals surface area (Å²) in [4.78, 5) is 0. The zero-order valence-electron chi connectivity index (χ0n) is 12.5. The van der Waals surface area contributed by atoms with Crippen LogP contribution in [0.15, 0.2) is 0 Å². The van der Waals surface area contributed by atoms with Crippen molar-refractivity contribution < 1.29 is 50.0 Å². The number of hydrogen-bond acceptors (Lipinski definition) is 10. The predicted octanol–water partition coefficient (Wildman–Crippen LogP) is -4.33. The van der Waals surface area contributed by atoms with Gasteiger partial charge in [-0.3, -0.25) is 0 Å². The fourth-order valence-electron chi connectivity index (χ4n) is 2.78. The SMILES string of the molecule is C[C@@H]1OC(CO)[C@@H](O[C@H]2OC(CO)[C@@H](O)[C@@H](O)C2O)[C@@H](O)C1O. The molecule has 0 aromatic carbocycles. The third-order valence-electron chi connectivity index (χ3n) is 4.24. The van der Waals surface area contributed by atoms with Crippen LogP contribution in [-0.2, 0) is 14.2 Å². The molecule has 0 bridgehead atoms. The molecular formula is C13H24O10. The molecule has 7 N–H and O–H groups in total. The molecule has 2 aliphatic heterocycles. The van der Waals surface area contributed by atoms with Crippen molar-refractivity contribution in [3.63, 3.8) is 0 Å². The number of aliphatic hydroxyl groups is 7. The molecule has 136 valence electrons. The zero-order chi connectivity index (χ0) is 17.3. The molecule has 0 radical (unpaired) electrons. The molecule has 4 unspecified atom stereocenters. The number of ether oxygens (including phenoxy) is 3. The Morgan fingerprint density at radius 1 is 0.739 bits per heavy atom. The molecule has 0 amide bonds. The van der Waals surface area contributed by atoms with Gasteiger partial charge in [0, 0.05) is 0 Å². The van der Waals surface area contributed by atoms with Crippen LogP contribution in [0.5, 0.6) is 0 Å². The van der Waals surface area contributed by atoms with Crippen LogP contribution in [0.25, 0.3) is 0 Å². The minimum Gasteiger partial charge on any atom is -0.394 e. The van der Waals surface area contributed by atoms with Gasteiger partial charge in [0.1, 0.15) is 48.8 Å². The van der Waals surface area contributed by atoms with E-state index in [4.69, 9.17) is 19.3 Å². The van der Waals surface area contributed by atoms with Crippen molar-refractivity contribution in [1.29, 1.82) is 0 Å². The van der Waals surface area contributed by atoms with Crippen molar-refractivity contribution in [2.24, 2.45) is 0 Å². The Morgan fingerprint density at radius 3 is 1.91 bits per heavy atom. The zero-order valence-corrected chi connectivity index (χ0v) is 12.5. The summed E-state index contributed by atoms with van der Waals surface area (Å²) in [5, 5.41) is 67.8. The van der Waals surface area contributed by atoms with E-state index in [-0.39, 0.29) is 0 Å². The first-order valence-corrected chi connectivity index (χ1v) is 7.40. The molecule has 2 heterocycles. The lowest BCUT2D eigenvalue weighted by Gasteiger charge is -2.45. The van der Waals surface area contributed by atoms with Crippen LogP contribution in [-0.4, -0.2) is 110 Å². The van der Waals surface area contributed by atoms with Gasteiger partial charge >= 0.3 is 0 Å². The van der Waals surface area contributed by atoms with Gasteiger partial charge in [-0.15, -0.1) is 0 Å². The van der Waals surface area contributed by atoms with Crippen molar-refractivity contribution in [1.82, 2.24) is 0 Å². The molecule has 10 heteroatoms. The summed E-state index contributed by atoms with van der Waals surface area (Å²) in [5.41, 5.74) is 0. The third-order valence-corrected chi connectivity index (χ3v) is 4.24. The topological polar surface area (TPSA) is 169 Å². The van der Waals surface area contributed by atoms with Gasteiger partial charge in [0.2, 0.25) is 0 Å². The molecule has 10 atom stereocenters. The monoisotopic (exact) mass is 340 g/mol.